The van der Waals surface area contributed by atoms with Gasteiger partial charge in [-0.25, -0.2) is 4.79 Å². The molecule has 2 aliphatic rings. The van der Waals surface area contributed by atoms with Crippen LogP contribution in [0.2, 0.25) is 0 Å². The summed E-state index contributed by atoms with van der Waals surface area (Å²) < 4.78 is 5.76. The largest absolute Gasteiger partial charge is 0.480 e. The monoisotopic (exact) mass is 499 g/mol. The lowest BCUT2D eigenvalue weighted by molar-refractivity contribution is -0.197. The number of imide groups is 1. The van der Waals surface area contributed by atoms with Crippen molar-refractivity contribution in [3.63, 3.8) is 0 Å². The number of benzene rings is 1. The standard InChI is InChI=1S/C27H25N5O5/c1-27(2)22(21(17-30)26(36-27)19(15-28)16-29)11-8-18-6-9-20(10-7-18)31(3)14-4-5-25(35)37-32-23(33)12-13-24(32)34/h6-11H,4-5,12-14H2,1-3H3/b11-8+. The van der Waals surface area contributed by atoms with Crippen LogP contribution in [-0.2, 0) is 24.0 Å². The van der Waals surface area contributed by atoms with Crippen LogP contribution in [-0.4, -0.2) is 42.0 Å². The molecule has 0 atom stereocenters. The molecule has 0 N–H and O–H groups in total. The van der Waals surface area contributed by atoms with Crippen LogP contribution in [0.15, 0.2) is 52.8 Å². The van der Waals surface area contributed by atoms with E-state index in [-0.39, 0.29) is 36.2 Å². The van der Waals surface area contributed by atoms with E-state index < -0.39 is 23.4 Å². The second-order valence-corrected chi connectivity index (χ2v) is 8.94. The highest BCUT2D eigenvalue weighted by atomic mass is 16.7. The molecule has 0 aromatic heterocycles. The number of amides is 2. The van der Waals surface area contributed by atoms with E-state index in [0.29, 0.717) is 23.6 Å². The Morgan fingerprint density at radius 1 is 1.11 bits per heavy atom. The van der Waals surface area contributed by atoms with Gasteiger partial charge in [-0.15, -0.1) is 5.06 Å². The summed E-state index contributed by atoms with van der Waals surface area (Å²) in [5, 5.41) is 28.5. The molecule has 2 aliphatic heterocycles. The van der Waals surface area contributed by atoms with Gasteiger partial charge in [0, 0.05) is 44.1 Å². The maximum atomic E-state index is 12.0. The Morgan fingerprint density at radius 2 is 1.73 bits per heavy atom. The van der Waals surface area contributed by atoms with Gasteiger partial charge in [-0.05, 0) is 38.0 Å². The molecule has 10 nitrogen and oxygen atoms in total. The quantitative estimate of drug-likeness (QED) is 0.387. The van der Waals surface area contributed by atoms with Crippen molar-refractivity contribution in [1.82, 2.24) is 5.06 Å². The summed E-state index contributed by atoms with van der Waals surface area (Å²) in [6.07, 6.45) is 4.22. The van der Waals surface area contributed by atoms with E-state index in [4.69, 9.17) is 9.57 Å². The van der Waals surface area contributed by atoms with Crippen LogP contribution in [0.3, 0.4) is 0 Å². The fourth-order valence-electron chi connectivity index (χ4n) is 3.90. The summed E-state index contributed by atoms with van der Waals surface area (Å²) in [5.41, 5.74) is 1.37. The Labute approximate surface area is 214 Å². The van der Waals surface area contributed by atoms with Crippen LogP contribution < -0.4 is 4.90 Å². The fourth-order valence-corrected chi connectivity index (χ4v) is 3.90. The molecule has 188 valence electrons. The van der Waals surface area contributed by atoms with Gasteiger partial charge in [-0.3, -0.25) is 9.59 Å². The maximum Gasteiger partial charge on any atom is 0.333 e. The lowest BCUT2D eigenvalue weighted by Crippen LogP contribution is -2.32. The molecule has 1 fully saturated rings. The number of rotatable bonds is 8. The summed E-state index contributed by atoms with van der Waals surface area (Å²) in [4.78, 5) is 41.8. The molecule has 1 aromatic carbocycles. The second-order valence-electron chi connectivity index (χ2n) is 8.94. The van der Waals surface area contributed by atoms with Crippen molar-refractivity contribution in [3.8, 4) is 18.2 Å². The molecule has 0 spiro atoms. The lowest BCUT2D eigenvalue weighted by atomic mass is 9.94. The second kappa shape index (κ2) is 11.2. The molecule has 0 bridgehead atoms. The number of hydrogen-bond donors (Lipinski definition) is 0. The summed E-state index contributed by atoms with van der Waals surface area (Å²) in [6, 6.07) is 13.2. The maximum absolute atomic E-state index is 12.0. The van der Waals surface area contributed by atoms with Crippen molar-refractivity contribution in [3.05, 3.63) is 58.4 Å². The number of hydroxylamine groups is 2. The van der Waals surface area contributed by atoms with E-state index in [0.717, 1.165) is 11.3 Å². The summed E-state index contributed by atoms with van der Waals surface area (Å²) in [6.45, 7) is 4.07. The van der Waals surface area contributed by atoms with Gasteiger partial charge in [0.1, 0.15) is 29.4 Å². The third-order valence-electron chi connectivity index (χ3n) is 5.91. The Bertz CT molecular complexity index is 1300. The van der Waals surface area contributed by atoms with Crippen molar-refractivity contribution in [2.75, 3.05) is 18.5 Å². The molecule has 10 heteroatoms. The normalized spacial score (nSPS) is 16.3. The number of carbonyl (C=O) groups is 3. The Morgan fingerprint density at radius 3 is 2.30 bits per heavy atom. The Balaban J connectivity index is 1.61. The zero-order valence-electron chi connectivity index (χ0n) is 20.8. The van der Waals surface area contributed by atoms with E-state index in [2.05, 4.69) is 0 Å². The van der Waals surface area contributed by atoms with Crippen LogP contribution >= 0.6 is 0 Å². The van der Waals surface area contributed by atoms with E-state index in [9.17, 15) is 30.2 Å². The van der Waals surface area contributed by atoms with Gasteiger partial charge in [0.05, 0.1) is 0 Å². The summed E-state index contributed by atoms with van der Waals surface area (Å²) >= 11 is 0. The predicted octanol–water partition coefficient (Wildman–Crippen LogP) is 3.45. The average molecular weight is 500 g/mol. The molecule has 37 heavy (non-hydrogen) atoms. The fraction of sp³-hybridized carbons (Fsp3) is 0.333. The first-order valence-electron chi connectivity index (χ1n) is 11.6. The van der Waals surface area contributed by atoms with Gasteiger partial charge in [-0.2, -0.15) is 15.8 Å². The topological polar surface area (TPSA) is 148 Å². The van der Waals surface area contributed by atoms with E-state index in [1.165, 1.54) is 0 Å². The number of nitrogens with zero attached hydrogens (tertiary/aromatic N) is 5. The van der Waals surface area contributed by atoms with Gasteiger partial charge in [0.15, 0.2) is 11.3 Å². The highest BCUT2D eigenvalue weighted by Gasteiger charge is 2.38. The number of carbonyl (C=O) groups excluding carboxylic acids is 3. The van der Waals surface area contributed by atoms with Crippen molar-refractivity contribution in [2.45, 2.75) is 45.1 Å². The zero-order chi connectivity index (χ0) is 27.2. The molecule has 1 saturated heterocycles. The molecule has 0 saturated carbocycles. The first kappa shape index (κ1) is 26.7. The Hall–Kier alpha value is -4.88. The number of hydrogen-bond acceptors (Lipinski definition) is 9. The third kappa shape index (κ3) is 6.04. The number of ether oxygens (including phenoxy) is 1. The van der Waals surface area contributed by atoms with Crippen molar-refractivity contribution < 1.29 is 24.0 Å². The Kier molecular flexibility index (Phi) is 8.12. The molecule has 3 rings (SSSR count). The van der Waals surface area contributed by atoms with Gasteiger partial charge < -0.3 is 14.5 Å². The van der Waals surface area contributed by atoms with Crippen LogP contribution in [0.1, 0.15) is 45.1 Å². The molecule has 0 radical (unpaired) electrons. The van der Waals surface area contributed by atoms with Gasteiger partial charge >= 0.3 is 5.97 Å². The minimum Gasteiger partial charge on any atom is -0.480 e. The smallest absolute Gasteiger partial charge is 0.333 e. The first-order valence-corrected chi connectivity index (χ1v) is 11.6. The molecular weight excluding hydrogens is 474 g/mol. The minimum atomic E-state index is -0.882. The van der Waals surface area contributed by atoms with Crippen molar-refractivity contribution in [2.24, 2.45) is 0 Å². The zero-order valence-corrected chi connectivity index (χ0v) is 20.8. The predicted molar refractivity (Wildman–Crippen MR) is 131 cm³/mol. The highest BCUT2D eigenvalue weighted by Crippen LogP contribution is 2.40. The van der Waals surface area contributed by atoms with Crippen LogP contribution in [0.5, 0.6) is 0 Å². The molecule has 2 heterocycles. The minimum absolute atomic E-state index is 0.00312. The summed E-state index contributed by atoms with van der Waals surface area (Å²) in [7, 11) is 1.88. The third-order valence-corrected chi connectivity index (χ3v) is 5.91. The van der Waals surface area contributed by atoms with Gasteiger partial charge in [0.25, 0.3) is 11.8 Å². The van der Waals surface area contributed by atoms with Crippen LogP contribution in [0.25, 0.3) is 6.08 Å². The molecule has 0 unspecified atom stereocenters. The SMILES string of the molecule is CN(CCCC(=O)ON1C(=O)CCC1=O)c1ccc(/C=C/C2=C(C#N)C(=C(C#N)C#N)OC2(C)C)cc1. The number of allylic oxidation sites excluding steroid dienone is 2. The van der Waals surface area contributed by atoms with Crippen LogP contribution in [0, 0.1) is 34.0 Å². The van der Waals surface area contributed by atoms with Gasteiger partial charge in [0.2, 0.25) is 0 Å². The lowest BCUT2D eigenvalue weighted by Gasteiger charge is -2.20. The van der Waals surface area contributed by atoms with Crippen molar-refractivity contribution in [1.29, 1.82) is 15.8 Å². The highest BCUT2D eigenvalue weighted by molar-refractivity contribution is 6.01. The van der Waals surface area contributed by atoms with E-state index in [1.54, 1.807) is 32.1 Å². The first-order chi connectivity index (χ1) is 17.6. The summed E-state index contributed by atoms with van der Waals surface area (Å²) in [5.74, 6) is -1.63. The molecule has 2 amide bonds. The number of anilines is 1. The van der Waals surface area contributed by atoms with Gasteiger partial charge in [-0.1, -0.05) is 24.3 Å². The molecule has 1 aromatic rings. The van der Waals surface area contributed by atoms with E-state index >= 15 is 0 Å². The number of nitriles is 3. The van der Waals surface area contributed by atoms with Crippen molar-refractivity contribution >= 4 is 29.5 Å². The molecular formula is C27H25N5O5. The van der Waals surface area contributed by atoms with E-state index in [1.807, 2.05) is 48.4 Å². The van der Waals surface area contributed by atoms with Crippen LogP contribution in [0.4, 0.5) is 5.69 Å². The molecule has 0 aliphatic carbocycles. The average Bonchev–Trinajstić information content (AvgIpc) is 3.32.